The van der Waals surface area contributed by atoms with E-state index in [1.54, 1.807) is 6.20 Å². The molecular weight excluding hydrogens is 352 g/mol. The van der Waals surface area contributed by atoms with Crippen LogP contribution in [0, 0.1) is 12.3 Å². The van der Waals surface area contributed by atoms with Crippen LogP contribution in [0.5, 0.6) is 0 Å². The molecule has 0 unspecified atom stereocenters. The third-order valence-electron chi connectivity index (χ3n) is 4.54. The molecule has 0 spiro atoms. The van der Waals surface area contributed by atoms with Gasteiger partial charge in [0.05, 0.1) is 5.01 Å². The normalized spacial score (nSPS) is 15.0. The Balaban J connectivity index is 1.43. The van der Waals surface area contributed by atoms with Crippen molar-refractivity contribution in [2.24, 2.45) is 5.41 Å². The van der Waals surface area contributed by atoms with Crippen molar-refractivity contribution in [3.63, 3.8) is 0 Å². The number of hydrogen-bond acceptors (Lipinski definition) is 6. The number of nitrogens with zero attached hydrogens (tertiary/aromatic N) is 4. The summed E-state index contributed by atoms with van der Waals surface area (Å²) in [5, 5.41) is 9.78. The van der Waals surface area contributed by atoms with Gasteiger partial charge in [0.2, 0.25) is 0 Å². The Labute approximate surface area is 153 Å². The van der Waals surface area contributed by atoms with Crippen LogP contribution in [-0.4, -0.2) is 37.2 Å². The number of thiazole rings is 1. The third-order valence-corrected chi connectivity index (χ3v) is 5.32. The van der Waals surface area contributed by atoms with Gasteiger partial charge in [0, 0.05) is 42.5 Å². The fourth-order valence-electron chi connectivity index (χ4n) is 2.83. The fraction of sp³-hybridized carbons (Fsp3) is 0.353. The molecule has 0 saturated heterocycles. The minimum Gasteiger partial charge on any atom is -0.351 e. The van der Waals surface area contributed by atoms with Crippen molar-refractivity contribution < 1.29 is 4.79 Å². The zero-order chi connectivity index (χ0) is 18.1. The van der Waals surface area contributed by atoms with E-state index in [4.69, 9.17) is 0 Å². The maximum absolute atomic E-state index is 12.4. The number of carbonyl (C=O) groups is 1. The van der Waals surface area contributed by atoms with Gasteiger partial charge >= 0.3 is 0 Å². The summed E-state index contributed by atoms with van der Waals surface area (Å²) in [5.74, 6) is -0.0419. The highest BCUT2D eigenvalue weighted by molar-refractivity contribution is 7.09. The molecule has 0 bridgehead atoms. The number of H-pyrrole nitrogens is 1. The summed E-state index contributed by atoms with van der Waals surface area (Å²) < 4.78 is 1.87. The smallest absolute Gasteiger partial charge is 0.264 e. The molecule has 8 nitrogen and oxygen atoms in total. The van der Waals surface area contributed by atoms with Gasteiger partial charge in [-0.3, -0.25) is 14.3 Å². The Hall–Kier alpha value is -2.81. The molecule has 2 N–H and O–H groups in total. The maximum Gasteiger partial charge on any atom is 0.264 e. The zero-order valence-corrected chi connectivity index (χ0v) is 15.0. The van der Waals surface area contributed by atoms with Crippen molar-refractivity contribution in [2.45, 2.75) is 26.3 Å². The van der Waals surface area contributed by atoms with Gasteiger partial charge in [-0.05, 0) is 25.8 Å². The van der Waals surface area contributed by atoms with E-state index in [2.05, 4.69) is 25.4 Å². The van der Waals surface area contributed by atoms with E-state index in [1.807, 2.05) is 29.2 Å². The van der Waals surface area contributed by atoms with Crippen LogP contribution in [0.2, 0.25) is 0 Å². The molecule has 0 radical (unpaired) electrons. The minimum absolute atomic E-state index is 0.00981. The summed E-state index contributed by atoms with van der Waals surface area (Å²) in [6.45, 7) is 3.15. The van der Waals surface area contributed by atoms with Gasteiger partial charge in [-0.25, -0.2) is 9.97 Å². The molecular formula is C17H18N6O2S. The number of aryl methyl sites for hydroxylation is 1. The maximum atomic E-state index is 12.4. The van der Waals surface area contributed by atoms with Crippen molar-refractivity contribution in [3.05, 3.63) is 51.0 Å². The predicted octanol–water partition coefficient (Wildman–Crippen LogP) is 1.61. The van der Waals surface area contributed by atoms with Crippen LogP contribution in [0.15, 0.2) is 34.8 Å². The van der Waals surface area contributed by atoms with E-state index < -0.39 is 11.5 Å². The second-order valence-corrected chi connectivity index (χ2v) is 7.67. The first-order valence-electron chi connectivity index (χ1n) is 8.32. The Kier molecular flexibility index (Phi) is 4.15. The molecule has 4 rings (SSSR count). The van der Waals surface area contributed by atoms with Crippen molar-refractivity contribution in [1.82, 2.24) is 30.0 Å². The van der Waals surface area contributed by atoms with Crippen LogP contribution < -0.4 is 10.9 Å². The predicted molar refractivity (Wildman–Crippen MR) is 96.9 cm³/mol. The topological polar surface area (TPSA) is 106 Å². The molecule has 1 saturated carbocycles. The molecule has 0 atom stereocenters. The third kappa shape index (κ3) is 3.43. The zero-order valence-electron chi connectivity index (χ0n) is 14.2. The molecule has 1 aliphatic rings. The highest BCUT2D eigenvalue weighted by atomic mass is 32.1. The van der Waals surface area contributed by atoms with Crippen LogP contribution >= 0.6 is 11.3 Å². The SMILES string of the molecule is Cc1nc(-c2ncc(C(=O)NCC3(Cn4cccn4)CC3)c(=O)[nH]2)cs1. The molecule has 3 aromatic rings. The standard InChI is InChI=1S/C17H18N6O2S/c1-11-21-13(8-26-11)14-18-7-12(16(25)22-14)15(24)19-9-17(3-4-17)10-23-6-2-5-20-23/h2,5-8H,3-4,9-10H2,1H3,(H,19,24)(H,18,22,25). The molecule has 3 heterocycles. The average Bonchev–Trinajstić information content (AvgIpc) is 2.99. The van der Waals surface area contributed by atoms with Gasteiger partial charge in [0.15, 0.2) is 5.82 Å². The Morgan fingerprint density at radius 3 is 2.92 bits per heavy atom. The molecule has 3 aromatic heterocycles. The minimum atomic E-state index is -0.463. The van der Waals surface area contributed by atoms with Crippen molar-refractivity contribution >= 4 is 17.2 Å². The lowest BCUT2D eigenvalue weighted by Gasteiger charge is -2.16. The lowest BCUT2D eigenvalue weighted by molar-refractivity contribution is 0.0940. The summed E-state index contributed by atoms with van der Waals surface area (Å²) >= 11 is 1.48. The van der Waals surface area contributed by atoms with Crippen molar-refractivity contribution in [2.75, 3.05) is 6.54 Å². The van der Waals surface area contributed by atoms with E-state index in [0.717, 1.165) is 24.4 Å². The summed E-state index contributed by atoms with van der Waals surface area (Å²) in [6.07, 6.45) is 7.03. The summed E-state index contributed by atoms with van der Waals surface area (Å²) in [7, 11) is 0. The van der Waals surface area contributed by atoms with E-state index in [0.29, 0.717) is 18.1 Å². The van der Waals surface area contributed by atoms with Crippen LogP contribution in [-0.2, 0) is 6.54 Å². The van der Waals surface area contributed by atoms with Crippen LogP contribution in [0.25, 0.3) is 11.5 Å². The van der Waals surface area contributed by atoms with Gasteiger partial charge in [0.25, 0.3) is 11.5 Å². The summed E-state index contributed by atoms with van der Waals surface area (Å²) in [5.41, 5.74) is 0.179. The fourth-order valence-corrected chi connectivity index (χ4v) is 3.42. The van der Waals surface area contributed by atoms with Gasteiger partial charge in [-0.1, -0.05) is 0 Å². The largest absolute Gasteiger partial charge is 0.351 e. The first kappa shape index (κ1) is 16.6. The van der Waals surface area contributed by atoms with Crippen molar-refractivity contribution in [1.29, 1.82) is 0 Å². The van der Waals surface area contributed by atoms with E-state index >= 15 is 0 Å². The van der Waals surface area contributed by atoms with Gasteiger partial charge in [0.1, 0.15) is 11.3 Å². The average molecular weight is 370 g/mol. The molecule has 1 fully saturated rings. The lowest BCUT2D eigenvalue weighted by Crippen LogP contribution is -2.35. The lowest BCUT2D eigenvalue weighted by atomic mass is 10.1. The molecule has 1 amide bonds. The summed E-state index contributed by atoms with van der Waals surface area (Å²) in [4.78, 5) is 35.8. The number of amides is 1. The van der Waals surface area contributed by atoms with Gasteiger partial charge < -0.3 is 10.3 Å². The Morgan fingerprint density at radius 2 is 2.31 bits per heavy atom. The second-order valence-electron chi connectivity index (χ2n) is 6.61. The molecule has 26 heavy (non-hydrogen) atoms. The quantitative estimate of drug-likeness (QED) is 0.686. The first-order chi connectivity index (χ1) is 12.5. The number of rotatable bonds is 6. The van der Waals surface area contributed by atoms with Crippen molar-refractivity contribution in [3.8, 4) is 11.5 Å². The molecule has 1 aliphatic carbocycles. The monoisotopic (exact) mass is 370 g/mol. The second kappa shape index (κ2) is 6.49. The molecule has 0 aromatic carbocycles. The van der Waals surface area contributed by atoms with Crippen LogP contribution in [0.3, 0.4) is 0 Å². The van der Waals surface area contributed by atoms with E-state index in [-0.39, 0.29) is 11.0 Å². The molecule has 9 heteroatoms. The van der Waals surface area contributed by atoms with Gasteiger partial charge in [-0.15, -0.1) is 11.3 Å². The highest BCUT2D eigenvalue weighted by Crippen LogP contribution is 2.46. The van der Waals surface area contributed by atoms with Crippen LogP contribution in [0.1, 0.15) is 28.2 Å². The summed E-state index contributed by atoms with van der Waals surface area (Å²) in [6, 6.07) is 1.88. The number of aromatic nitrogens is 5. The Morgan fingerprint density at radius 1 is 1.46 bits per heavy atom. The Bertz CT molecular complexity index is 987. The number of hydrogen-bond donors (Lipinski definition) is 2. The number of nitrogens with one attached hydrogen (secondary N) is 2. The van der Waals surface area contributed by atoms with E-state index in [9.17, 15) is 9.59 Å². The first-order valence-corrected chi connectivity index (χ1v) is 9.20. The molecule has 0 aliphatic heterocycles. The number of aromatic amines is 1. The van der Waals surface area contributed by atoms with Crippen LogP contribution in [0.4, 0.5) is 0 Å². The highest BCUT2D eigenvalue weighted by Gasteiger charge is 2.43. The van der Waals surface area contributed by atoms with E-state index in [1.165, 1.54) is 17.5 Å². The number of carbonyl (C=O) groups excluding carboxylic acids is 1. The van der Waals surface area contributed by atoms with Gasteiger partial charge in [-0.2, -0.15) is 5.10 Å². The molecule has 134 valence electrons.